The Bertz CT molecular complexity index is 1260. The van der Waals surface area contributed by atoms with Gasteiger partial charge in [0.05, 0.1) is 24.0 Å². The van der Waals surface area contributed by atoms with Gasteiger partial charge >= 0.3 is 0 Å². The zero-order chi connectivity index (χ0) is 19.6. The third-order valence-electron chi connectivity index (χ3n) is 4.72. The number of pyridine rings is 2. The summed E-state index contributed by atoms with van der Waals surface area (Å²) in [6.45, 7) is 0.568. The lowest BCUT2D eigenvalue weighted by Gasteiger charge is -2.11. The van der Waals surface area contributed by atoms with E-state index in [1.165, 1.54) is 0 Å². The van der Waals surface area contributed by atoms with Crippen LogP contribution in [0.1, 0.15) is 5.69 Å². The van der Waals surface area contributed by atoms with E-state index in [1.807, 2.05) is 48.7 Å². The Labute approximate surface area is 166 Å². The van der Waals surface area contributed by atoms with Gasteiger partial charge in [0.2, 0.25) is 0 Å². The lowest BCUT2D eigenvalue weighted by atomic mass is 9.99. The highest BCUT2D eigenvalue weighted by Gasteiger charge is 2.14. The van der Waals surface area contributed by atoms with Crippen molar-refractivity contribution in [3.05, 3.63) is 78.9 Å². The fourth-order valence-electron chi connectivity index (χ4n) is 3.31. The summed E-state index contributed by atoms with van der Waals surface area (Å²) in [7, 11) is 0. The monoisotopic (exact) mass is 383 g/mol. The average Bonchev–Trinajstić information content (AvgIpc) is 3.45. The standard InChI is InChI=1S/C22H17N5O2/c28-19-5-4-14(11-18(19)20-7-10-26-29-20)17-12-21(27-22-16(17)6-9-24-22)25-13-15-3-1-2-8-23-15/h1-12,28H,13H2,(H2,24,25,27). The van der Waals surface area contributed by atoms with Gasteiger partial charge in [-0.1, -0.05) is 17.3 Å². The molecule has 0 unspecified atom stereocenters. The van der Waals surface area contributed by atoms with Gasteiger partial charge in [0.1, 0.15) is 17.2 Å². The molecule has 0 spiro atoms. The number of nitrogens with zero attached hydrogens (tertiary/aromatic N) is 3. The molecular weight excluding hydrogens is 366 g/mol. The first-order chi connectivity index (χ1) is 14.3. The molecule has 0 saturated heterocycles. The SMILES string of the molecule is Oc1ccc(-c2cc(NCc3ccccn3)nc3[nH]ccc23)cc1-c1ccno1. The predicted molar refractivity (Wildman–Crippen MR) is 110 cm³/mol. The van der Waals surface area contributed by atoms with Gasteiger partial charge < -0.3 is 19.9 Å². The molecule has 142 valence electrons. The van der Waals surface area contributed by atoms with Gasteiger partial charge in [-0.3, -0.25) is 4.98 Å². The van der Waals surface area contributed by atoms with E-state index >= 15 is 0 Å². The lowest BCUT2D eigenvalue weighted by molar-refractivity contribution is 0.426. The van der Waals surface area contributed by atoms with Crippen LogP contribution in [0, 0.1) is 0 Å². The van der Waals surface area contributed by atoms with E-state index in [1.54, 1.807) is 24.5 Å². The second kappa shape index (κ2) is 7.12. The van der Waals surface area contributed by atoms with E-state index in [-0.39, 0.29) is 5.75 Å². The minimum Gasteiger partial charge on any atom is -0.507 e. The first-order valence-electron chi connectivity index (χ1n) is 9.14. The maximum absolute atomic E-state index is 10.3. The number of anilines is 1. The van der Waals surface area contributed by atoms with Crippen molar-refractivity contribution < 1.29 is 9.63 Å². The fraction of sp³-hybridized carbons (Fsp3) is 0.0455. The number of nitrogens with one attached hydrogen (secondary N) is 2. The zero-order valence-electron chi connectivity index (χ0n) is 15.3. The molecule has 4 heterocycles. The maximum atomic E-state index is 10.3. The number of hydrogen-bond acceptors (Lipinski definition) is 6. The second-order valence-corrected chi connectivity index (χ2v) is 6.58. The fourth-order valence-corrected chi connectivity index (χ4v) is 3.31. The highest BCUT2D eigenvalue weighted by Crippen LogP contribution is 2.36. The van der Waals surface area contributed by atoms with E-state index in [0.29, 0.717) is 17.9 Å². The summed E-state index contributed by atoms with van der Waals surface area (Å²) in [5, 5.41) is 18.3. The summed E-state index contributed by atoms with van der Waals surface area (Å²) in [5.74, 6) is 1.38. The first kappa shape index (κ1) is 17.0. The predicted octanol–water partition coefficient (Wildman–Crippen LogP) is 4.60. The van der Waals surface area contributed by atoms with E-state index in [2.05, 4.69) is 25.4 Å². The summed E-state index contributed by atoms with van der Waals surface area (Å²) in [5.41, 5.74) is 4.21. The van der Waals surface area contributed by atoms with Crippen molar-refractivity contribution in [1.29, 1.82) is 0 Å². The molecule has 0 aliphatic carbocycles. The molecule has 3 N–H and O–H groups in total. The number of phenols is 1. The Morgan fingerprint density at radius 1 is 1.00 bits per heavy atom. The smallest absolute Gasteiger partial charge is 0.170 e. The van der Waals surface area contributed by atoms with Crippen molar-refractivity contribution in [3.8, 4) is 28.2 Å². The number of rotatable bonds is 5. The molecule has 5 aromatic rings. The first-order valence-corrected chi connectivity index (χ1v) is 9.14. The number of fused-ring (bicyclic) bond motifs is 1. The summed E-state index contributed by atoms with van der Waals surface area (Å²) in [6.07, 6.45) is 5.19. The van der Waals surface area contributed by atoms with Crippen molar-refractivity contribution >= 4 is 16.9 Å². The third-order valence-corrected chi connectivity index (χ3v) is 4.72. The normalized spacial score (nSPS) is 11.0. The van der Waals surface area contributed by atoms with Gasteiger partial charge in [-0.05, 0) is 47.5 Å². The van der Waals surface area contributed by atoms with Gasteiger partial charge in [0, 0.05) is 23.8 Å². The number of phenolic OH excluding ortho intramolecular Hbond substituents is 1. The molecule has 0 amide bonds. The average molecular weight is 383 g/mol. The summed E-state index contributed by atoms with van der Waals surface area (Å²) in [4.78, 5) is 12.2. The summed E-state index contributed by atoms with van der Waals surface area (Å²) < 4.78 is 5.23. The Balaban J connectivity index is 1.56. The molecule has 0 fully saturated rings. The van der Waals surface area contributed by atoms with Crippen LogP contribution in [0.4, 0.5) is 5.82 Å². The van der Waals surface area contributed by atoms with Gasteiger partial charge in [-0.2, -0.15) is 0 Å². The van der Waals surface area contributed by atoms with Crippen molar-refractivity contribution in [2.24, 2.45) is 0 Å². The highest BCUT2D eigenvalue weighted by atomic mass is 16.5. The quantitative estimate of drug-likeness (QED) is 0.410. The molecule has 0 aliphatic rings. The van der Waals surface area contributed by atoms with Crippen LogP contribution in [0.3, 0.4) is 0 Å². The van der Waals surface area contributed by atoms with Crippen LogP contribution < -0.4 is 5.32 Å². The van der Waals surface area contributed by atoms with Crippen LogP contribution in [0.25, 0.3) is 33.5 Å². The molecular formula is C22H17N5O2. The Morgan fingerprint density at radius 3 is 2.79 bits per heavy atom. The number of aromatic nitrogens is 4. The van der Waals surface area contributed by atoms with Crippen molar-refractivity contribution in [2.75, 3.05) is 5.32 Å². The number of aromatic hydroxyl groups is 1. The summed E-state index contributed by atoms with van der Waals surface area (Å²) in [6, 6.07) is 16.9. The van der Waals surface area contributed by atoms with Crippen LogP contribution in [0.5, 0.6) is 5.75 Å². The molecule has 0 bridgehead atoms. The van der Waals surface area contributed by atoms with E-state index in [0.717, 1.165) is 33.7 Å². The van der Waals surface area contributed by atoms with E-state index in [4.69, 9.17) is 4.52 Å². The lowest BCUT2D eigenvalue weighted by Crippen LogP contribution is -2.03. The van der Waals surface area contributed by atoms with Crippen molar-refractivity contribution in [2.45, 2.75) is 6.54 Å². The molecule has 7 nitrogen and oxygen atoms in total. The minimum atomic E-state index is 0.137. The van der Waals surface area contributed by atoms with Gasteiger partial charge in [-0.25, -0.2) is 4.98 Å². The van der Waals surface area contributed by atoms with Crippen LogP contribution in [-0.2, 0) is 6.54 Å². The van der Waals surface area contributed by atoms with Gasteiger partial charge in [-0.15, -0.1) is 0 Å². The number of aromatic amines is 1. The topological polar surface area (TPSA) is 99.9 Å². The molecule has 0 atom stereocenters. The molecule has 0 radical (unpaired) electrons. The van der Waals surface area contributed by atoms with E-state index in [9.17, 15) is 5.11 Å². The maximum Gasteiger partial charge on any atom is 0.170 e. The zero-order valence-corrected chi connectivity index (χ0v) is 15.3. The van der Waals surface area contributed by atoms with Gasteiger partial charge in [0.15, 0.2) is 5.76 Å². The third kappa shape index (κ3) is 3.29. The Kier molecular flexibility index (Phi) is 4.18. The molecule has 0 saturated carbocycles. The molecule has 4 aromatic heterocycles. The molecule has 0 aliphatic heterocycles. The highest BCUT2D eigenvalue weighted by molar-refractivity contribution is 5.95. The molecule has 29 heavy (non-hydrogen) atoms. The Morgan fingerprint density at radius 2 is 1.97 bits per heavy atom. The number of hydrogen-bond donors (Lipinski definition) is 3. The van der Waals surface area contributed by atoms with Crippen LogP contribution in [0.2, 0.25) is 0 Å². The van der Waals surface area contributed by atoms with Crippen LogP contribution >= 0.6 is 0 Å². The minimum absolute atomic E-state index is 0.137. The largest absolute Gasteiger partial charge is 0.507 e. The molecule has 7 heteroatoms. The number of H-pyrrole nitrogens is 1. The number of benzene rings is 1. The molecule has 1 aromatic carbocycles. The van der Waals surface area contributed by atoms with Crippen LogP contribution in [0.15, 0.2) is 77.7 Å². The second-order valence-electron chi connectivity index (χ2n) is 6.58. The van der Waals surface area contributed by atoms with Crippen molar-refractivity contribution in [3.63, 3.8) is 0 Å². The molecule has 5 rings (SSSR count). The summed E-state index contributed by atoms with van der Waals surface area (Å²) >= 11 is 0. The van der Waals surface area contributed by atoms with Crippen molar-refractivity contribution in [1.82, 2.24) is 20.1 Å². The van der Waals surface area contributed by atoms with Gasteiger partial charge in [0.25, 0.3) is 0 Å². The Hall–Kier alpha value is -4.13. The van der Waals surface area contributed by atoms with Crippen LogP contribution in [-0.4, -0.2) is 25.2 Å². The van der Waals surface area contributed by atoms with E-state index < -0.39 is 0 Å².